The number of nitrogen functional groups attached to an aromatic ring is 1. The number of ether oxygens (including phenoxy) is 1. The largest absolute Gasteiger partial charge is 0.383 e. The average molecular weight is 491 g/mol. The van der Waals surface area contributed by atoms with Crippen LogP contribution in [0.2, 0.25) is 0 Å². The normalized spacial score (nSPS) is 18.2. The van der Waals surface area contributed by atoms with Crippen LogP contribution in [0.15, 0.2) is 42.9 Å². The summed E-state index contributed by atoms with van der Waals surface area (Å²) in [6.45, 7) is 11.7. The van der Waals surface area contributed by atoms with Gasteiger partial charge < -0.3 is 15.8 Å². The molecule has 0 radical (unpaired) electrons. The van der Waals surface area contributed by atoms with Crippen LogP contribution in [-0.2, 0) is 24.8 Å². The highest BCUT2D eigenvalue weighted by molar-refractivity contribution is 5.99. The molecular formula is C28H38N6O2. The highest BCUT2D eigenvalue weighted by Gasteiger charge is 2.35. The molecule has 4 rings (SSSR count). The van der Waals surface area contributed by atoms with Crippen LogP contribution >= 0.6 is 0 Å². The highest BCUT2D eigenvalue weighted by Crippen LogP contribution is 2.23. The summed E-state index contributed by atoms with van der Waals surface area (Å²) in [5, 5.41) is 7.41. The average Bonchev–Trinajstić information content (AvgIpc) is 3.43. The zero-order chi connectivity index (χ0) is 25.8. The van der Waals surface area contributed by atoms with Crippen molar-refractivity contribution in [3.05, 3.63) is 65.1 Å². The van der Waals surface area contributed by atoms with Gasteiger partial charge in [0.05, 0.1) is 30.5 Å². The van der Waals surface area contributed by atoms with Crippen molar-refractivity contribution in [2.75, 3.05) is 25.4 Å². The lowest BCUT2D eigenvalue weighted by Crippen LogP contribution is -2.44. The Labute approximate surface area is 213 Å². The number of likely N-dealkylation sites (tertiary alicyclic amines) is 1. The predicted molar refractivity (Wildman–Crippen MR) is 143 cm³/mol. The number of rotatable bonds is 9. The Bertz CT molecular complexity index is 1200. The number of carbonyl (C=O) groups is 1. The number of hydrogen-bond acceptors (Lipinski definition) is 6. The van der Waals surface area contributed by atoms with Gasteiger partial charge in [-0.2, -0.15) is 5.10 Å². The van der Waals surface area contributed by atoms with Gasteiger partial charge in [0.25, 0.3) is 5.91 Å². The second-order valence-electron chi connectivity index (χ2n) is 10.2. The molecule has 192 valence electrons. The van der Waals surface area contributed by atoms with Crippen LogP contribution in [0, 0.1) is 12.8 Å². The first-order chi connectivity index (χ1) is 17.2. The lowest BCUT2D eigenvalue weighted by molar-refractivity contribution is 0.0309. The second-order valence-corrected chi connectivity index (χ2v) is 10.2. The van der Waals surface area contributed by atoms with Gasteiger partial charge in [0.1, 0.15) is 5.82 Å². The zero-order valence-corrected chi connectivity index (χ0v) is 22.0. The van der Waals surface area contributed by atoms with Crippen molar-refractivity contribution in [3.63, 3.8) is 0 Å². The van der Waals surface area contributed by atoms with E-state index in [0.717, 1.165) is 42.7 Å². The molecule has 0 saturated carbocycles. The van der Waals surface area contributed by atoms with Crippen LogP contribution in [0.1, 0.15) is 47.8 Å². The van der Waals surface area contributed by atoms with Gasteiger partial charge in [0.15, 0.2) is 0 Å². The van der Waals surface area contributed by atoms with Crippen molar-refractivity contribution in [3.8, 4) is 11.1 Å². The number of carbonyl (C=O) groups excluding carboxylic acids is 1. The Morgan fingerprint density at radius 2 is 2.03 bits per heavy atom. The fraction of sp³-hybridized carbons (Fsp3) is 0.464. The van der Waals surface area contributed by atoms with Crippen molar-refractivity contribution in [1.29, 1.82) is 0 Å². The van der Waals surface area contributed by atoms with Gasteiger partial charge in [0.2, 0.25) is 0 Å². The Kier molecular flexibility index (Phi) is 8.06. The highest BCUT2D eigenvalue weighted by atomic mass is 16.5. The van der Waals surface area contributed by atoms with Crippen molar-refractivity contribution < 1.29 is 9.53 Å². The van der Waals surface area contributed by atoms with Crippen molar-refractivity contribution in [1.82, 2.24) is 25.0 Å². The molecule has 0 spiro atoms. The molecule has 1 aromatic carbocycles. The Balaban J connectivity index is 1.49. The molecule has 36 heavy (non-hydrogen) atoms. The summed E-state index contributed by atoms with van der Waals surface area (Å²) in [7, 11) is 1.85. The lowest BCUT2D eigenvalue weighted by Gasteiger charge is -2.21. The number of aryl methyl sites for hydroxylation is 3. The fourth-order valence-electron chi connectivity index (χ4n) is 4.86. The van der Waals surface area contributed by atoms with Crippen LogP contribution < -0.4 is 11.1 Å². The maximum absolute atomic E-state index is 13.4. The number of hydrogen-bond donors (Lipinski definition) is 2. The molecule has 8 heteroatoms. The quantitative estimate of drug-likeness (QED) is 0.476. The first-order valence-corrected chi connectivity index (χ1v) is 12.7. The minimum absolute atomic E-state index is 0.116. The number of amides is 1. The van der Waals surface area contributed by atoms with Gasteiger partial charge in [-0.05, 0) is 42.0 Å². The molecule has 1 aliphatic heterocycles. The fourth-order valence-corrected chi connectivity index (χ4v) is 4.86. The van der Waals surface area contributed by atoms with Crippen LogP contribution in [0.25, 0.3) is 11.1 Å². The SMILES string of the molecule is CCc1cc(CO[C@H]2CN(CC(C)C)CC2NC(=O)c2cc(-c3cnn(C)c3)cnc2N)ccc1C. The van der Waals surface area contributed by atoms with E-state index < -0.39 is 0 Å². The Morgan fingerprint density at radius 3 is 2.72 bits per heavy atom. The maximum atomic E-state index is 13.4. The lowest BCUT2D eigenvalue weighted by atomic mass is 10.0. The van der Waals surface area contributed by atoms with Crippen molar-refractivity contribution >= 4 is 11.7 Å². The van der Waals surface area contributed by atoms with Crippen LogP contribution in [-0.4, -0.2) is 57.4 Å². The summed E-state index contributed by atoms with van der Waals surface area (Å²) in [6, 6.07) is 8.14. The van der Waals surface area contributed by atoms with E-state index in [4.69, 9.17) is 10.5 Å². The minimum Gasteiger partial charge on any atom is -0.383 e. The molecule has 2 aromatic heterocycles. The van der Waals surface area contributed by atoms with E-state index >= 15 is 0 Å². The molecule has 1 fully saturated rings. The predicted octanol–water partition coefficient (Wildman–Crippen LogP) is 3.59. The first-order valence-electron chi connectivity index (χ1n) is 12.7. The van der Waals surface area contributed by atoms with Crippen molar-refractivity contribution in [2.45, 2.75) is 52.9 Å². The van der Waals surface area contributed by atoms with Crippen molar-refractivity contribution in [2.24, 2.45) is 13.0 Å². The molecule has 0 aliphatic carbocycles. The number of aromatic nitrogens is 3. The number of nitrogens with two attached hydrogens (primary N) is 1. The molecule has 1 amide bonds. The summed E-state index contributed by atoms with van der Waals surface area (Å²) in [5.41, 5.74) is 12.0. The van der Waals surface area contributed by atoms with Gasteiger partial charge >= 0.3 is 0 Å². The van der Waals surface area contributed by atoms with Crippen LogP contribution in [0.4, 0.5) is 5.82 Å². The summed E-state index contributed by atoms with van der Waals surface area (Å²) in [6.07, 6.45) is 6.18. The van der Waals surface area contributed by atoms with Gasteiger partial charge in [0, 0.05) is 50.2 Å². The van der Waals surface area contributed by atoms with Gasteiger partial charge in [-0.1, -0.05) is 39.0 Å². The standard InChI is InChI=1S/C28H38N6O2/c1-6-21-9-20(8-7-19(21)4)17-36-26-16-34(13-18(2)3)15-25(26)32-28(35)24-10-22(11-30-27(24)29)23-12-31-33(5)14-23/h7-12,14,18,25-26H,6,13,15-17H2,1-5H3,(H2,29,30)(H,32,35)/t25?,26-/m0/s1. The number of pyridine rings is 1. The summed E-state index contributed by atoms with van der Waals surface area (Å²) >= 11 is 0. The molecule has 0 bridgehead atoms. The Morgan fingerprint density at radius 1 is 1.22 bits per heavy atom. The van der Waals surface area contributed by atoms with Gasteiger partial charge in [-0.15, -0.1) is 0 Å². The smallest absolute Gasteiger partial charge is 0.255 e. The molecule has 3 aromatic rings. The van der Waals surface area contributed by atoms with E-state index in [9.17, 15) is 4.79 Å². The van der Waals surface area contributed by atoms with E-state index in [1.54, 1.807) is 23.1 Å². The zero-order valence-electron chi connectivity index (χ0n) is 22.0. The van der Waals surface area contributed by atoms with E-state index in [2.05, 4.69) is 66.2 Å². The van der Waals surface area contributed by atoms with E-state index in [-0.39, 0.29) is 23.9 Å². The number of nitrogens with zero attached hydrogens (tertiary/aromatic N) is 4. The maximum Gasteiger partial charge on any atom is 0.255 e. The molecule has 1 aliphatic rings. The van der Waals surface area contributed by atoms with E-state index in [1.165, 1.54) is 11.1 Å². The Hall–Kier alpha value is -3.23. The van der Waals surface area contributed by atoms with Crippen LogP contribution in [0.5, 0.6) is 0 Å². The minimum atomic E-state index is -0.237. The molecule has 1 unspecified atom stereocenters. The van der Waals surface area contributed by atoms with Crippen LogP contribution in [0.3, 0.4) is 0 Å². The molecular weight excluding hydrogens is 452 g/mol. The number of anilines is 1. The third-order valence-electron chi connectivity index (χ3n) is 6.74. The monoisotopic (exact) mass is 490 g/mol. The third kappa shape index (κ3) is 6.12. The summed E-state index contributed by atoms with van der Waals surface area (Å²) < 4.78 is 8.12. The second kappa shape index (κ2) is 11.2. The van der Waals surface area contributed by atoms with E-state index in [0.29, 0.717) is 18.1 Å². The molecule has 3 N–H and O–H groups in total. The molecule has 8 nitrogen and oxygen atoms in total. The number of nitrogens with one attached hydrogen (secondary N) is 1. The third-order valence-corrected chi connectivity index (χ3v) is 6.74. The first kappa shape index (κ1) is 25.9. The van der Waals surface area contributed by atoms with E-state index in [1.807, 2.05) is 13.2 Å². The molecule has 2 atom stereocenters. The topological polar surface area (TPSA) is 98.3 Å². The molecule has 3 heterocycles. The summed E-state index contributed by atoms with van der Waals surface area (Å²) in [4.78, 5) is 20.0. The van der Waals surface area contributed by atoms with Gasteiger partial charge in [-0.3, -0.25) is 14.4 Å². The molecule has 1 saturated heterocycles. The number of benzene rings is 1. The summed E-state index contributed by atoms with van der Waals surface area (Å²) in [5.74, 6) is 0.501. The van der Waals surface area contributed by atoms with Gasteiger partial charge in [-0.25, -0.2) is 4.98 Å².